The van der Waals surface area contributed by atoms with Gasteiger partial charge in [-0.3, -0.25) is 0 Å². The number of hydrogen-bond acceptors (Lipinski definition) is 2. The first-order chi connectivity index (χ1) is 4.88. The SMILES string of the molecule is OC1COC2CCCCC12. The largest absolute Gasteiger partial charge is 0.390 e. The molecule has 1 N–H and O–H groups in total. The molecule has 1 saturated heterocycles. The molecule has 0 amide bonds. The number of hydrogen-bond donors (Lipinski definition) is 1. The number of aliphatic hydroxyl groups is 1. The van der Waals surface area contributed by atoms with Crippen molar-refractivity contribution in [2.45, 2.75) is 37.9 Å². The maximum atomic E-state index is 9.40. The molecule has 2 aliphatic rings. The Morgan fingerprint density at radius 2 is 2.00 bits per heavy atom. The molecule has 0 spiro atoms. The molecule has 0 aromatic rings. The molecule has 0 aromatic carbocycles. The Bertz CT molecular complexity index is 122. The van der Waals surface area contributed by atoms with Gasteiger partial charge < -0.3 is 9.84 Å². The summed E-state index contributed by atoms with van der Waals surface area (Å²) in [6, 6.07) is 0. The second-order valence-corrected chi connectivity index (χ2v) is 3.39. The van der Waals surface area contributed by atoms with Crippen LogP contribution in [-0.2, 0) is 4.74 Å². The molecule has 0 bridgehead atoms. The first-order valence-corrected chi connectivity index (χ1v) is 4.17. The first-order valence-electron chi connectivity index (χ1n) is 4.17. The van der Waals surface area contributed by atoms with E-state index < -0.39 is 0 Å². The lowest BCUT2D eigenvalue weighted by molar-refractivity contribution is 0.0662. The molecule has 2 fully saturated rings. The number of fused-ring (bicyclic) bond motifs is 1. The lowest BCUT2D eigenvalue weighted by Crippen LogP contribution is -2.26. The van der Waals surface area contributed by atoms with Crippen molar-refractivity contribution >= 4 is 0 Å². The first kappa shape index (κ1) is 6.62. The summed E-state index contributed by atoms with van der Waals surface area (Å²) >= 11 is 0. The number of ether oxygens (including phenoxy) is 1. The molecule has 10 heavy (non-hydrogen) atoms. The molecule has 1 saturated carbocycles. The molecule has 1 aliphatic carbocycles. The van der Waals surface area contributed by atoms with E-state index >= 15 is 0 Å². The third-order valence-electron chi connectivity index (χ3n) is 2.73. The van der Waals surface area contributed by atoms with Crippen LogP contribution in [0.15, 0.2) is 0 Å². The molecule has 2 rings (SSSR count). The highest BCUT2D eigenvalue weighted by Crippen LogP contribution is 2.33. The van der Waals surface area contributed by atoms with Crippen LogP contribution in [-0.4, -0.2) is 23.9 Å². The van der Waals surface area contributed by atoms with Crippen LogP contribution in [0.25, 0.3) is 0 Å². The molecule has 0 radical (unpaired) electrons. The van der Waals surface area contributed by atoms with Crippen LogP contribution in [0.1, 0.15) is 25.7 Å². The van der Waals surface area contributed by atoms with Crippen molar-refractivity contribution in [1.82, 2.24) is 0 Å². The van der Waals surface area contributed by atoms with E-state index in [1.807, 2.05) is 0 Å². The van der Waals surface area contributed by atoms with E-state index in [1.54, 1.807) is 0 Å². The molecule has 58 valence electrons. The Kier molecular flexibility index (Phi) is 1.66. The highest BCUT2D eigenvalue weighted by molar-refractivity contribution is 4.86. The fraction of sp³-hybridized carbons (Fsp3) is 1.00. The van der Waals surface area contributed by atoms with Crippen molar-refractivity contribution in [2.75, 3.05) is 6.61 Å². The maximum absolute atomic E-state index is 9.40. The lowest BCUT2D eigenvalue weighted by Gasteiger charge is -2.24. The van der Waals surface area contributed by atoms with E-state index in [-0.39, 0.29) is 6.10 Å². The van der Waals surface area contributed by atoms with Gasteiger partial charge in [-0.05, 0) is 12.8 Å². The van der Waals surface area contributed by atoms with E-state index in [1.165, 1.54) is 25.7 Å². The summed E-state index contributed by atoms with van der Waals surface area (Å²) in [4.78, 5) is 0. The van der Waals surface area contributed by atoms with Gasteiger partial charge in [-0.15, -0.1) is 0 Å². The van der Waals surface area contributed by atoms with Gasteiger partial charge >= 0.3 is 0 Å². The van der Waals surface area contributed by atoms with Gasteiger partial charge in [-0.2, -0.15) is 0 Å². The minimum atomic E-state index is -0.162. The van der Waals surface area contributed by atoms with E-state index in [0.717, 1.165) is 0 Å². The van der Waals surface area contributed by atoms with Gasteiger partial charge in [0, 0.05) is 5.92 Å². The van der Waals surface area contributed by atoms with Crippen LogP contribution in [0.4, 0.5) is 0 Å². The summed E-state index contributed by atoms with van der Waals surface area (Å²) < 4.78 is 5.42. The number of aliphatic hydroxyl groups excluding tert-OH is 1. The lowest BCUT2D eigenvalue weighted by atomic mass is 9.85. The minimum absolute atomic E-state index is 0.162. The fourth-order valence-electron chi connectivity index (χ4n) is 2.12. The maximum Gasteiger partial charge on any atom is 0.0826 e. The van der Waals surface area contributed by atoms with Crippen molar-refractivity contribution in [2.24, 2.45) is 5.92 Å². The van der Waals surface area contributed by atoms with Crippen LogP contribution < -0.4 is 0 Å². The summed E-state index contributed by atoms with van der Waals surface area (Å²) in [6.45, 7) is 0.579. The van der Waals surface area contributed by atoms with Crippen molar-refractivity contribution in [3.05, 3.63) is 0 Å². The molecule has 1 heterocycles. The third kappa shape index (κ3) is 0.956. The minimum Gasteiger partial charge on any atom is -0.390 e. The molecule has 1 aliphatic heterocycles. The Labute approximate surface area is 61.2 Å². The smallest absolute Gasteiger partial charge is 0.0826 e. The monoisotopic (exact) mass is 142 g/mol. The molecular weight excluding hydrogens is 128 g/mol. The summed E-state index contributed by atoms with van der Waals surface area (Å²) in [5.74, 6) is 0.466. The summed E-state index contributed by atoms with van der Waals surface area (Å²) in [5, 5.41) is 9.40. The van der Waals surface area contributed by atoms with E-state index in [4.69, 9.17) is 4.74 Å². The summed E-state index contributed by atoms with van der Waals surface area (Å²) in [5.41, 5.74) is 0. The van der Waals surface area contributed by atoms with Crippen molar-refractivity contribution in [1.29, 1.82) is 0 Å². The van der Waals surface area contributed by atoms with Gasteiger partial charge in [0.15, 0.2) is 0 Å². The zero-order valence-corrected chi connectivity index (χ0v) is 6.12. The normalized spacial score (nSPS) is 47.1. The van der Waals surface area contributed by atoms with Crippen LogP contribution >= 0.6 is 0 Å². The molecule has 0 aromatic heterocycles. The topological polar surface area (TPSA) is 29.5 Å². The van der Waals surface area contributed by atoms with Crippen LogP contribution in [0, 0.1) is 5.92 Å². The van der Waals surface area contributed by atoms with Gasteiger partial charge in [0.05, 0.1) is 18.8 Å². The molecule has 2 heteroatoms. The second-order valence-electron chi connectivity index (χ2n) is 3.39. The van der Waals surface area contributed by atoms with Gasteiger partial charge in [0.1, 0.15) is 0 Å². The van der Waals surface area contributed by atoms with E-state index in [2.05, 4.69) is 0 Å². The fourth-order valence-corrected chi connectivity index (χ4v) is 2.12. The van der Waals surface area contributed by atoms with Crippen molar-refractivity contribution < 1.29 is 9.84 Å². The average molecular weight is 142 g/mol. The number of rotatable bonds is 0. The van der Waals surface area contributed by atoms with E-state index in [0.29, 0.717) is 18.6 Å². The van der Waals surface area contributed by atoms with Crippen LogP contribution in [0.5, 0.6) is 0 Å². The highest BCUT2D eigenvalue weighted by atomic mass is 16.5. The van der Waals surface area contributed by atoms with Crippen molar-refractivity contribution in [3.63, 3.8) is 0 Å². The van der Waals surface area contributed by atoms with Crippen molar-refractivity contribution in [3.8, 4) is 0 Å². The van der Waals surface area contributed by atoms with Crippen LogP contribution in [0.3, 0.4) is 0 Å². The Morgan fingerprint density at radius 3 is 2.80 bits per heavy atom. The van der Waals surface area contributed by atoms with Gasteiger partial charge in [-0.1, -0.05) is 12.8 Å². The van der Waals surface area contributed by atoms with Gasteiger partial charge in [-0.25, -0.2) is 0 Å². The Balaban J connectivity index is 2.01. The van der Waals surface area contributed by atoms with Crippen LogP contribution in [0.2, 0.25) is 0 Å². The Morgan fingerprint density at radius 1 is 1.20 bits per heavy atom. The summed E-state index contributed by atoms with van der Waals surface area (Å²) in [7, 11) is 0. The molecular formula is C8H14O2. The summed E-state index contributed by atoms with van der Waals surface area (Å²) in [6.07, 6.45) is 5.14. The molecule has 2 nitrogen and oxygen atoms in total. The van der Waals surface area contributed by atoms with Gasteiger partial charge in [0.2, 0.25) is 0 Å². The van der Waals surface area contributed by atoms with Gasteiger partial charge in [0.25, 0.3) is 0 Å². The predicted octanol–water partition coefficient (Wildman–Crippen LogP) is 0.936. The molecule has 3 unspecified atom stereocenters. The highest BCUT2D eigenvalue weighted by Gasteiger charge is 2.37. The quantitative estimate of drug-likeness (QED) is 0.545. The second kappa shape index (κ2) is 2.51. The van der Waals surface area contributed by atoms with E-state index in [9.17, 15) is 5.11 Å². The molecule has 3 atom stereocenters. The Hall–Kier alpha value is -0.0800. The third-order valence-corrected chi connectivity index (χ3v) is 2.73. The zero-order valence-electron chi connectivity index (χ0n) is 6.12. The standard InChI is InChI=1S/C8H14O2/c9-7-5-10-8-4-2-1-3-6(7)8/h6-9H,1-5H2. The predicted molar refractivity (Wildman–Crippen MR) is 37.7 cm³/mol. The zero-order chi connectivity index (χ0) is 6.97. The average Bonchev–Trinajstić information content (AvgIpc) is 2.34.